The van der Waals surface area contributed by atoms with Crippen LogP contribution in [0.25, 0.3) is 23.3 Å². The summed E-state index contributed by atoms with van der Waals surface area (Å²) in [4.78, 5) is 0. The van der Waals surface area contributed by atoms with Crippen molar-refractivity contribution in [1.82, 2.24) is 0 Å². The highest BCUT2D eigenvalue weighted by Gasteiger charge is 2.41. The van der Waals surface area contributed by atoms with E-state index in [0.717, 1.165) is 4.47 Å². The maximum absolute atomic E-state index is 3.65. The Morgan fingerprint density at radius 1 is 0.636 bits per heavy atom. The molecule has 3 aromatic carbocycles. The molecule has 0 amide bonds. The molecule has 2 aliphatic rings. The van der Waals surface area contributed by atoms with E-state index in [1.807, 2.05) is 0 Å². The smallest absolute Gasteiger partial charge is 0.0593 e. The average Bonchev–Trinajstić information content (AvgIpc) is 3.06. The van der Waals surface area contributed by atoms with Crippen LogP contribution in [0.15, 0.2) is 71.2 Å². The first-order valence-corrected chi connectivity index (χ1v) is 8.28. The summed E-state index contributed by atoms with van der Waals surface area (Å²) in [6, 6.07) is 24.1. The van der Waals surface area contributed by atoms with Gasteiger partial charge < -0.3 is 0 Å². The fraction of sp³-hybridized carbons (Fsp3) is 0.0476. The van der Waals surface area contributed by atoms with Gasteiger partial charge in [-0.25, -0.2) is 0 Å². The van der Waals surface area contributed by atoms with Crippen molar-refractivity contribution in [3.05, 3.63) is 92.8 Å². The fourth-order valence-corrected chi connectivity index (χ4v) is 4.30. The largest absolute Gasteiger partial charge is 0.0619 e. The summed E-state index contributed by atoms with van der Waals surface area (Å²) < 4.78 is 1.14. The summed E-state index contributed by atoms with van der Waals surface area (Å²) in [6.07, 6.45) is 4.83. The third-order valence-electron chi connectivity index (χ3n) is 4.85. The Morgan fingerprint density at radius 2 is 1.27 bits per heavy atom. The molecule has 5 rings (SSSR count). The molecule has 1 spiro atoms. The van der Waals surface area contributed by atoms with Crippen molar-refractivity contribution in [3.8, 4) is 11.1 Å². The van der Waals surface area contributed by atoms with E-state index in [-0.39, 0.29) is 5.41 Å². The van der Waals surface area contributed by atoms with Gasteiger partial charge in [-0.15, -0.1) is 0 Å². The zero-order chi connectivity index (χ0) is 14.7. The Labute approximate surface area is 137 Å². The maximum Gasteiger partial charge on any atom is 0.0593 e. The van der Waals surface area contributed by atoms with Gasteiger partial charge in [-0.2, -0.15) is 0 Å². The van der Waals surface area contributed by atoms with Gasteiger partial charge in [0.1, 0.15) is 0 Å². The third kappa shape index (κ3) is 1.47. The van der Waals surface area contributed by atoms with Crippen LogP contribution in [-0.4, -0.2) is 0 Å². The molecule has 1 heteroatoms. The first-order chi connectivity index (χ1) is 10.8. The van der Waals surface area contributed by atoms with Crippen LogP contribution >= 0.6 is 15.9 Å². The minimum absolute atomic E-state index is 0.126. The van der Waals surface area contributed by atoms with Crippen molar-refractivity contribution in [2.75, 3.05) is 0 Å². The molecule has 0 saturated carbocycles. The van der Waals surface area contributed by atoms with Crippen LogP contribution in [0.4, 0.5) is 0 Å². The van der Waals surface area contributed by atoms with Gasteiger partial charge in [-0.3, -0.25) is 0 Å². The van der Waals surface area contributed by atoms with E-state index in [2.05, 4.69) is 94.8 Å². The molecule has 22 heavy (non-hydrogen) atoms. The lowest BCUT2D eigenvalue weighted by Gasteiger charge is -2.22. The highest BCUT2D eigenvalue weighted by molar-refractivity contribution is 9.10. The third-order valence-corrected chi connectivity index (χ3v) is 5.35. The molecule has 0 atom stereocenters. The Kier molecular flexibility index (Phi) is 2.38. The topological polar surface area (TPSA) is 0 Å². The molecule has 0 radical (unpaired) electrons. The van der Waals surface area contributed by atoms with E-state index in [9.17, 15) is 0 Å². The van der Waals surface area contributed by atoms with E-state index in [0.29, 0.717) is 0 Å². The molecule has 0 nitrogen and oxygen atoms in total. The second-order valence-corrected chi connectivity index (χ2v) is 6.94. The van der Waals surface area contributed by atoms with Crippen molar-refractivity contribution in [3.63, 3.8) is 0 Å². The summed E-state index contributed by atoms with van der Waals surface area (Å²) in [7, 11) is 0. The van der Waals surface area contributed by atoms with Crippen molar-refractivity contribution < 1.29 is 0 Å². The van der Waals surface area contributed by atoms with Crippen molar-refractivity contribution in [1.29, 1.82) is 0 Å². The number of rotatable bonds is 0. The molecule has 0 fully saturated rings. The molecular weight excluding hydrogens is 332 g/mol. The minimum Gasteiger partial charge on any atom is -0.0619 e. The first kappa shape index (κ1) is 12.4. The highest BCUT2D eigenvalue weighted by Crippen LogP contribution is 2.52. The molecule has 0 aliphatic heterocycles. The van der Waals surface area contributed by atoms with E-state index in [4.69, 9.17) is 0 Å². The van der Waals surface area contributed by atoms with Crippen LogP contribution in [0.1, 0.15) is 11.1 Å². The molecule has 0 saturated heterocycles. The Bertz CT molecular complexity index is 1010. The summed E-state index contributed by atoms with van der Waals surface area (Å²) >= 11 is 3.65. The van der Waals surface area contributed by atoms with E-state index in [1.54, 1.807) is 0 Å². The van der Waals surface area contributed by atoms with Gasteiger partial charge in [0.25, 0.3) is 0 Å². The van der Waals surface area contributed by atoms with Crippen LogP contribution in [0.2, 0.25) is 0 Å². The lowest BCUT2D eigenvalue weighted by Crippen LogP contribution is -2.19. The maximum atomic E-state index is 3.65. The second-order valence-electron chi connectivity index (χ2n) is 6.02. The van der Waals surface area contributed by atoms with Gasteiger partial charge in [0, 0.05) is 4.47 Å². The van der Waals surface area contributed by atoms with E-state index in [1.165, 1.54) is 32.7 Å². The van der Waals surface area contributed by atoms with Gasteiger partial charge in [-0.05, 0) is 44.8 Å². The lowest BCUT2D eigenvalue weighted by molar-refractivity contribution is 0.960. The zero-order valence-electron chi connectivity index (χ0n) is 11.9. The van der Waals surface area contributed by atoms with Gasteiger partial charge in [-0.1, -0.05) is 82.7 Å². The zero-order valence-corrected chi connectivity index (χ0v) is 13.5. The Balaban J connectivity index is 1.96. The van der Waals surface area contributed by atoms with Crippen LogP contribution in [0.3, 0.4) is 0 Å². The summed E-state index contributed by atoms with van der Waals surface area (Å²) in [5, 5.41) is 2.65. The van der Waals surface area contributed by atoms with Crippen LogP contribution in [0.5, 0.6) is 0 Å². The highest BCUT2D eigenvalue weighted by atomic mass is 79.9. The van der Waals surface area contributed by atoms with Gasteiger partial charge in [0.05, 0.1) is 5.41 Å². The van der Waals surface area contributed by atoms with Crippen LogP contribution < -0.4 is 10.4 Å². The number of hydrogen-bond donors (Lipinski definition) is 0. The average molecular weight is 345 g/mol. The van der Waals surface area contributed by atoms with Crippen LogP contribution in [0, 0.1) is 0 Å². The predicted molar refractivity (Wildman–Crippen MR) is 95.0 cm³/mol. The normalized spacial score (nSPS) is 15.7. The Hall–Kier alpha value is -2.12. The molecule has 2 aliphatic carbocycles. The number of halogens is 1. The van der Waals surface area contributed by atoms with Crippen molar-refractivity contribution in [2.24, 2.45) is 0 Å². The summed E-state index contributed by atoms with van der Waals surface area (Å²) in [5.74, 6) is 0. The first-order valence-electron chi connectivity index (χ1n) is 7.49. The van der Waals surface area contributed by atoms with Crippen LogP contribution in [-0.2, 0) is 5.41 Å². The van der Waals surface area contributed by atoms with Crippen molar-refractivity contribution >= 4 is 28.1 Å². The molecule has 0 unspecified atom stereocenters. The minimum atomic E-state index is -0.126. The van der Waals surface area contributed by atoms with E-state index < -0.39 is 0 Å². The standard InChI is InChI=1S/C21H13Br/c22-16-9-10-18-17-7-3-4-8-19(17)21(20(18)11-16)12-14-5-1-2-6-15(14)13-21/h1-13H. The molecule has 0 heterocycles. The SMILES string of the molecule is Brc1ccc2c(c1)C1(C=c3ccccc3=C1)c1ccccc1-2. The molecule has 0 aromatic heterocycles. The second kappa shape index (κ2) is 4.21. The number of fused-ring (bicyclic) bond motifs is 6. The van der Waals surface area contributed by atoms with Gasteiger partial charge in [0.2, 0.25) is 0 Å². The Morgan fingerprint density at radius 3 is 2.05 bits per heavy atom. The molecule has 0 bridgehead atoms. The molecule has 0 N–H and O–H groups in total. The number of hydrogen-bond acceptors (Lipinski definition) is 0. The predicted octanol–water partition coefficient (Wildman–Crippen LogP) is 3.99. The summed E-state index contributed by atoms with van der Waals surface area (Å²) in [5.41, 5.74) is 5.34. The fourth-order valence-electron chi connectivity index (χ4n) is 3.93. The quantitative estimate of drug-likeness (QED) is 0.578. The van der Waals surface area contributed by atoms with Gasteiger partial charge in [0.15, 0.2) is 0 Å². The molecule has 3 aromatic rings. The molecular formula is C21H13Br. The molecule has 104 valence electrons. The van der Waals surface area contributed by atoms with Crippen molar-refractivity contribution in [2.45, 2.75) is 5.41 Å². The van der Waals surface area contributed by atoms with E-state index >= 15 is 0 Å². The summed E-state index contributed by atoms with van der Waals surface area (Å²) in [6.45, 7) is 0. The van der Waals surface area contributed by atoms with Gasteiger partial charge >= 0.3 is 0 Å². The monoisotopic (exact) mass is 344 g/mol. The number of benzene rings is 3. The lowest BCUT2D eigenvalue weighted by atomic mass is 9.79.